The summed E-state index contributed by atoms with van der Waals surface area (Å²) in [5.41, 5.74) is 5.92. The number of carbonyl (C=O) groups is 1. The van der Waals surface area contributed by atoms with Crippen molar-refractivity contribution in [3.63, 3.8) is 0 Å². The second-order valence-electron chi connectivity index (χ2n) is 2.29. The van der Waals surface area contributed by atoms with Gasteiger partial charge < -0.3 is 21.0 Å². The Morgan fingerprint density at radius 1 is 1.79 bits per heavy atom. The number of aromatic nitrogens is 2. The standard InChI is InChI=1S/C6H9N3O2.HNO2/c7-5(6(10)11)1-4-2-8-3-9-4;2-1-3/h2-3,5H,1,7H2,(H,8,9)(H,10,11);(H,2,3)/t5-;/m0./s1. The van der Waals surface area contributed by atoms with E-state index in [1.54, 1.807) is 6.20 Å². The molecule has 0 saturated carbocycles. The topological polar surface area (TPSA) is 142 Å². The summed E-state index contributed by atoms with van der Waals surface area (Å²) in [5, 5.41) is 16.3. The van der Waals surface area contributed by atoms with E-state index in [1.165, 1.54) is 11.7 Å². The van der Waals surface area contributed by atoms with Crippen LogP contribution in [0.2, 0.25) is 0 Å². The minimum atomic E-state index is -1.01. The Hall–Kier alpha value is -1.96. The highest BCUT2D eigenvalue weighted by Crippen LogP contribution is 1.95. The van der Waals surface area contributed by atoms with E-state index in [1.807, 2.05) is 0 Å². The fourth-order valence-corrected chi connectivity index (χ4v) is 0.715. The van der Waals surface area contributed by atoms with Crippen LogP contribution in [0.15, 0.2) is 17.9 Å². The van der Waals surface area contributed by atoms with Crippen LogP contribution in [0, 0.1) is 4.91 Å². The molecule has 8 nitrogen and oxygen atoms in total. The van der Waals surface area contributed by atoms with Gasteiger partial charge in [0.1, 0.15) is 6.04 Å². The van der Waals surface area contributed by atoms with Crippen LogP contribution in [0.4, 0.5) is 0 Å². The highest BCUT2D eigenvalue weighted by atomic mass is 16.6. The van der Waals surface area contributed by atoms with Crippen LogP contribution in [0.1, 0.15) is 5.69 Å². The maximum atomic E-state index is 10.3. The summed E-state index contributed by atoms with van der Waals surface area (Å²) in [6, 6.07) is -0.863. The summed E-state index contributed by atoms with van der Waals surface area (Å²) in [7, 11) is 0. The molecule has 0 bridgehead atoms. The number of hydrogen-bond donors (Lipinski definition) is 4. The van der Waals surface area contributed by atoms with E-state index in [4.69, 9.17) is 21.0 Å². The first-order valence-electron chi connectivity index (χ1n) is 3.54. The quantitative estimate of drug-likeness (QED) is 0.384. The van der Waals surface area contributed by atoms with Crippen molar-refractivity contribution in [2.75, 3.05) is 0 Å². The van der Waals surface area contributed by atoms with Crippen molar-refractivity contribution in [2.45, 2.75) is 12.5 Å². The zero-order valence-corrected chi connectivity index (χ0v) is 7.12. The number of hydrogen-bond acceptors (Lipinski definition) is 5. The van der Waals surface area contributed by atoms with E-state index in [2.05, 4.69) is 9.97 Å². The van der Waals surface area contributed by atoms with Gasteiger partial charge in [-0.05, 0) is 0 Å². The Morgan fingerprint density at radius 3 is 2.71 bits per heavy atom. The number of nitrogens with one attached hydrogen (secondary N) is 1. The second kappa shape index (κ2) is 6.54. The monoisotopic (exact) mass is 202 g/mol. The maximum absolute atomic E-state index is 10.3. The summed E-state index contributed by atoms with van der Waals surface area (Å²) in [4.78, 5) is 24.9. The van der Waals surface area contributed by atoms with E-state index in [0.717, 1.165) is 0 Å². The smallest absolute Gasteiger partial charge is 0.320 e. The zero-order valence-electron chi connectivity index (χ0n) is 7.12. The summed E-state index contributed by atoms with van der Waals surface area (Å²) >= 11 is 0. The number of nitrogens with two attached hydrogens (primary N) is 1. The number of nitrogens with zero attached hydrogens (tertiary/aromatic N) is 2. The molecule has 0 saturated heterocycles. The fraction of sp³-hybridized carbons (Fsp3) is 0.333. The molecule has 1 aromatic heterocycles. The van der Waals surface area contributed by atoms with Crippen molar-refractivity contribution >= 4 is 5.97 Å². The molecule has 8 heteroatoms. The van der Waals surface area contributed by atoms with Gasteiger partial charge in [0, 0.05) is 12.6 Å². The average Bonchev–Trinajstić information content (AvgIpc) is 2.58. The summed E-state index contributed by atoms with van der Waals surface area (Å²) in [6.07, 6.45) is 3.38. The lowest BCUT2D eigenvalue weighted by atomic mass is 10.2. The minimum absolute atomic E-state index is 0.263. The van der Waals surface area contributed by atoms with Crippen molar-refractivity contribution in [1.29, 1.82) is 0 Å². The molecule has 1 atom stereocenters. The van der Waals surface area contributed by atoms with Gasteiger partial charge in [0.15, 0.2) is 5.34 Å². The van der Waals surface area contributed by atoms with Crippen LogP contribution in [0.25, 0.3) is 0 Å². The Bertz CT molecular complexity index is 273. The van der Waals surface area contributed by atoms with Gasteiger partial charge in [-0.1, -0.05) is 0 Å². The number of aliphatic carboxylic acids is 1. The molecule has 1 aromatic rings. The molecule has 0 spiro atoms. The molecule has 5 N–H and O–H groups in total. The Kier molecular flexibility index (Phi) is 5.63. The van der Waals surface area contributed by atoms with E-state index in [9.17, 15) is 4.79 Å². The molecular weight excluding hydrogens is 192 g/mol. The van der Waals surface area contributed by atoms with Crippen molar-refractivity contribution in [2.24, 2.45) is 11.1 Å². The van der Waals surface area contributed by atoms with Crippen molar-refractivity contribution in [3.05, 3.63) is 23.1 Å². The van der Waals surface area contributed by atoms with E-state index < -0.39 is 12.0 Å². The highest BCUT2D eigenvalue weighted by Gasteiger charge is 2.12. The SMILES string of the molecule is N[C@@H](Cc1c[nH]cn1)C(=O)O.O=NO. The van der Waals surface area contributed by atoms with E-state index in [0.29, 0.717) is 5.69 Å². The average molecular weight is 202 g/mol. The third kappa shape index (κ3) is 4.83. The Balaban J connectivity index is 0.000000500. The van der Waals surface area contributed by atoms with Gasteiger partial charge in [0.25, 0.3) is 0 Å². The van der Waals surface area contributed by atoms with Gasteiger partial charge in [-0.25, -0.2) is 4.98 Å². The molecule has 14 heavy (non-hydrogen) atoms. The largest absolute Gasteiger partial charge is 0.480 e. The normalized spacial score (nSPS) is 10.9. The lowest BCUT2D eigenvalue weighted by Crippen LogP contribution is -2.32. The fourth-order valence-electron chi connectivity index (χ4n) is 0.715. The predicted octanol–water partition coefficient (Wildman–Crippen LogP) is -0.494. The number of carboxylic acids is 1. The lowest BCUT2D eigenvalue weighted by molar-refractivity contribution is -0.138. The minimum Gasteiger partial charge on any atom is -0.480 e. The Labute approximate surface area is 78.7 Å². The lowest BCUT2D eigenvalue weighted by Gasteiger charge is -2.01. The zero-order chi connectivity index (χ0) is 11.0. The Morgan fingerprint density at radius 2 is 2.36 bits per heavy atom. The van der Waals surface area contributed by atoms with Gasteiger partial charge in [-0.15, -0.1) is 4.91 Å². The molecule has 1 heterocycles. The number of H-pyrrole nitrogens is 1. The van der Waals surface area contributed by atoms with E-state index in [-0.39, 0.29) is 6.42 Å². The third-order valence-corrected chi connectivity index (χ3v) is 1.30. The van der Waals surface area contributed by atoms with Crippen LogP contribution in [0.5, 0.6) is 0 Å². The van der Waals surface area contributed by atoms with Gasteiger partial charge >= 0.3 is 5.97 Å². The molecule has 0 amide bonds. The molecule has 0 fully saturated rings. The number of rotatable bonds is 3. The molecule has 0 aliphatic heterocycles. The first kappa shape index (κ1) is 12.0. The summed E-state index contributed by atoms with van der Waals surface area (Å²) in [6.45, 7) is 0. The third-order valence-electron chi connectivity index (χ3n) is 1.30. The first-order valence-corrected chi connectivity index (χ1v) is 3.54. The molecule has 78 valence electrons. The molecule has 0 aliphatic rings. The number of aromatic amines is 1. The molecule has 0 aromatic carbocycles. The summed E-state index contributed by atoms with van der Waals surface area (Å²) < 4.78 is 0. The van der Waals surface area contributed by atoms with Crippen LogP contribution in [-0.2, 0) is 11.2 Å². The van der Waals surface area contributed by atoms with Crippen molar-refractivity contribution < 1.29 is 15.1 Å². The van der Waals surface area contributed by atoms with Crippen LogP contribution >= 0.6 is 0 Å². The van der Waals surface area contributed by atoms with Crippen LogP contribution in [-0.4, -0.2) is 32.3 Å². The predicted molar refractivity (Wildman–Crippen MR) is 45.5 cm³/mol. The maximum Gasteiger partial charge on any atom is 0.320 e. The highest BCUT2D eigenvalue weighted by molar-refractivity contribution is 5.73. The van der Waals surface area contributed by atoms with Crippen LogP contribution < -0.4 is 5.73 Å². The second-order valence-corrected chi connectivity index (χ2v) is 2.29. The van der Waals surface area contributed by atoms with E-state index >= 15 is 0 Å². The van der Waals surface area contributed by atoms with Crippen molar-refractivity contribution in [1.82, 2.24) is 9.97 Å². The molecule has 0 aliphatic carbocycles. The van der Waals surface area contributed by atoms with Gasteiger partial charge in [0.05, 0.1) is 12.0 Å². The molecular formula is C6H10N4O4. The first-order chi connectivity index (χ1) is 6.61. The van der Waals surface area contributed by atoms with Crippen LogP contribution in [0.3, 0.4) is 0 Å². The molecule has 0 radical (unpaired) electrons. The summed E-state index contributed by atoms with van der Waals surface area (Å²) in [5.74, 6) is -1.01. The number of carboxylic acid groups (broad SMARTS) is 1. The number of imidazole rings is 1. The van der Waals surface area contributed by atoms with Crippen molar-refractivity contribution in [3.8, 4) is 0 Å². The molecule has 0 unspecified atom stereocenters. The van der Waals surface area contributed by atoms with Gasteiger partial charge in [-0.2, -0.15) is 0 Å². The molecule has 1 rings (SSSR count). The van der Waals surface area contributed by atoms with Gasteiger partial charge in [0.2, 0.25) is 0 Å². The van der Waals surface area contributed by atoms with Gasteiger partial charge in [-0.3, -0.25) is 4.79 Å².